The average molecular weight is 304 g/mol. The van der Waals surface area contributed by atoms with Crippen molar-refractivity contribution in [3.63, 3.8) is 0 Å². The van der Waals surface area contributed by atoms with E-state index >= 15 is 0 Å². The van der Waals surface area contributed by atoms with Gasteiger partial charge in [-0.15, -0.1) is 0 Å². The Balaban J connectivity index is 2.58. The van der Waals surface area contributed by atoms with Crippen LogP contribution in [0.2, 0.25) is 0 Å². The van der Waals surface area contributed by atoms with E-state index in [0.717, 1.165) is 0 Å². The lowest BCUT2D eigenvalue weighted by atomic mass is 9.79. The largest absolute Gasteiger partial charge is 0.505 e. The molecule has 0 radical (unpaired) electrons. The highest BCUT2D eigenvalue weighted by molar-refractivity contribution is 5.51. The zero-order valence-corrected chi connectivity index (χ0v) is 12.7. The van der Waals surface area contributed by atoms with Crippen LogP contribution in [-0.4, -0.2) is 11.3 Å². The van der Waals surface area contributed by atoms with E-state index in [1.165, 1.54) is 0 Å². The fourth-order valence-electron chi connectivity index (χ4n) is 2.99. The van der Waals surface area contributed by atoms with Crippen molar-refractivity contribution in [3.8, 4) is 5.75 Å². The van der Waals surface area contributed by atoms with Crippen LogP contribution in [0.25, 0.3) is 0 Å². The monoisotopic (exact) mass is 304 g/mol. The molecule has 0 aliphatic heterocycles. The predicted octanol–water partition coefficient (Wildman–Crippen LogP) is 5.12. The van der Waals surface area contributed by atoms with Crippen molar-refractivity contribution in [2.24, 2.45) is 0 Å². The van der Waals surface area contributed by atoms with Crippen LogP contribution < -0.4 is 0 Å². The van der Waals surface area contributed by atoms with Crippen molar-refractivity contribution in [1.29, 1.82) is 0 Å². The van der Waals surface area contributed by atoms with E-state index in [9.17, 15) is 22.7 Å². The smallest absolute Gasteiger partial charge is 0.389 e. The molecule has 118 valence electrons. The first-order chi connectivity index (χ1) is 9.37. The van der Waals surface area contributed by atoms with Crippen molar-refractivity contribution in [2.75, 3.05) is 0 Å². The van der Waals surface area contributed by atoms with E-state index in [0.29, 0.717) is 24.0 Å². The Morgan fingerprint density at radius 1 is 1.19 bits per heavy atom. The Labute approximate surface area is 122 Å². The lowest BCUT2D eigenvalue weighted by molar-refractivity contribution is -0.141. The predicted molar refractivity (Wildman–Crippen MR) is 73.1 cm³/mol. The number of aromatic hydroxyl groups is 1. The topological polar surface area (TPSA) is 20.2 Å². The Hall–Kier alpha value is -1.26. The van der Waals surface area contributed by atoms with Gasteiger partial charge in [0.05, 0.1) is 6.42 Å². The highest BCUT2D eigenvalue weighted by Crippen LogP contribution is 2.58. The molecule has 2 rings (SSSR count). The molecule has 0 amide bonds. The molecule has 1 aromatic carbocycles. The second-order valence-corrected chi connectivity index (χ2v) is 7.08. The Bertz CT molecular complexity index is 563. The summed E-state index contributed by atoms with van der Waals surface area (Å²) in [7, 11) is 0. The van der Waals surface area contributed by atoms with Crippen molar-refractivity contribution in [3.05, 3.63) is 28.6 Å². The van der Waals surface area contributed by atoms with Crippen LogP contribution in [0, 0.1) is 12.7 Å². The molecular weight excluding hydrogens is 284 g/mol. The van der Waals surface area contributed by atoms with Gasteiger partial charge in [0.25, 0.3) is 0 Å². The third-order valence-corrected chi connectivity index (χ3v) is 4.26. The standard InChI is InChI=1S/C16H20F4O/c1-9-10(14(2,3)4)7-11(13(21)12(9)17)15(5-6-15)8-16(18,19)20/h7,21H,5-6,8H2,1-4H3. The molecule has 0 spiro atoms. The molecule has 1 aromatic rings. The second kappa shape index (κ2) is 4.62. The van der Waals surface area contributed by atoms with Crippen molar-refractivity contribution in [1.82, 2.24) is 0 Å². The molecule has 0 atom stereocenters. The lowest BCUT2D eigenvalue weighted by Gasteiger charge is -2.27. The van der Waals surface area contributed by atoms with Gasteiger partial charge in [0, 0.05) is 11.0 Å². The highest BCUT2D eigenvalue weighted by atomic mass is 19.4. The molecule has 1 nitrogen and oxygen atoms in total. The summed E-state index contributed by atoms with van der Waals surface area (Å²) in [6, 6.07) is 1.56. The fraction of sp³-hybridized carbons (Fsp3) is 0.625. The van der Waals surface area contributed by atoms with E-state index in [4.69, 9.17) is 0 Å². The molecule has 0 bridgehead atoms. The maximum absolute atomic E-state index is 14.2. The molecule has 0 heterocycles. The van der Waals surface area contributed by atoms with E-state index in [1.807, 2.05) is 20.8 Å². The normalized spacial score (nSPS) is 17.9. The van der Waals surface area contributed by atoms with Crippen LogP contribution in [0.1, 0.15) is 56.7 Å². The number of phenolic OH excluding ortho intramolecular Hbond substituents is 1. The van der Waals surface area contributed by atoms with Gasteiger partial charge < -0.3 is 5.11 Å². The van der Waals surface area contributed by atoms with Crippen molar-refractivity contribution in [2.45, 2.75) is 64.0 Å². The maximum atomic E-state index is 14.2. The number of hydrogen-bond acceptors (Lipinski definition) is 1. The molecule has 0 aromatic heterocycles. The minimum Gasteiger partial charge on any atom is -0.505 e. The van der Waals surface area contributed by atoms with Gasteiger partial charge in [0.15, 0.2) is 11.6 Å². The molecule has 0 saturated heterocycles. The number of phenols is 1. The first-order valence-corrected chi connectivity index (χ1v) is 6.97. The quantitative estimate of drug-likeness (QED) is 0.752. The number of halogens is 4. The van der Waals surface area contributed by atoms with Crippen molar-refractivity contribution < 1.29 is 22.7 Å². The average Bonchev–Trinajstić information content (AvgIpc) is 3.02. The first-order valence-electron chi connectivity index (χ1n) is 6.97. The van der Waals surface area contributed by atoms with Gasteiger partial charge in [-0.05, 0) is 36.3 Å². The van der Waals surface area contributed by atoms with Crippen LogP contribution in [0.3, 0.4) is 0 Å². The summed E-state index contributed by atoms with van der Waals surface area (Å²) in [5, 5.41) is 10.00. The maximum Gasteiger partial charge on any atom is 0.389 e. The van der Waals surface area contributed by atoms with Gasteiger partial charge in [0.2, 0.25) is 0 Å². The van der Waals surface area contributed by atoms with Gasteiger partial charge >= 0.3 is 6.18 Å². The summed E-state index contributed by atoms with van der Waals surface area (Å²) in [6.45, 7) is 7.17. The Morgan fingerprint density at radius 2 is 1.71 bits per heavy atom. The summed E-state index contributed by atoms with van der Waals surface area (Å²) in [5.74, 6) is -1.42. The second-order valence-electron chi connectivity index (χ2n) is 7.08. The lowest BCUT2D eigenvalue weighted by Crippen LogP contribution is -2.22. The summed E-state index contributed by atoms with van der Waals surface area (Å²) in [5.41, 5.74) is -0.515. The van der Waals surface area contributed by atoms with Crippen molar-refractivity contribution >= 4 is 0 Å². The summed E-state index contributed by atoms with van der Waals surface area (Å²) >= 11 is 0. The van der Waals surface area contributed by atoms with Gasteiger partial charge in [-0.25, -0.2) is 4.39 Å². The zero-order chi connectivity index (χ0) is 16.2. The minimum atomic E-state index is -4.33. The minimum absolute atomic E-state index is 0.104. The number of rotatable bonds is 2. The molecule has 1 aliphatic carbocycles. The molecule has 0 unspecified atom stereocenters. The Morgan fingerprint density at radius 3 is 2.10 bits per heavy atom. The van der Waals surface area contributed by atoms with E-state index in [2.05, 4.69) is 0 Å². The molecule has 1 saturated carbocycles. The number of alkyl halides is 3. The molecule has 5 heteroatoms. The van der Waals surface area contributed by atoms with Crippen LogP contribution in [0.15, 0.2) is 6.07 Å². The zero-order valence-electron chi connectivity index (χ0n) is 12.7. The van der Waals surface area contributed by atoms with E-state index in [1.54, 1.807) is 13.0 Å². The number of benzene rings is 1. The molecule has 1 fully saturated rings. The van der Waals surface area contributed by atoms with E-state index in [-0.39, 0.29) is 5.56 Å². The van der Waals surface area contributed by atoms with Gasteiger partial charge in [-0.2, -0.15) is 13.2 Å². The van der Waals surface area contributed by atoms with Crippen LogP contribution in [-0.2, 0) is 10.8 Å². The van der Waals surface area contributed by atoms with Crippen LogP contribution in [0.5, 0.6) is 5.75 Å². The highest BCUT2D eigenvalue weighted by Gasteiger charge is 2.53. The fourth-order valence-corrected chi connectivity index (χ4v) is 2.99. The molecule has 21 heavy (non-hydrogen) atoms. The third-order valence-electron chi connectivity index (χ3n) is 4.26. The summed E-state index contributed by atoms with van der Waals surface area (Å²) in [4.78, 5) is 0. The van der Waals surface area contributed by atoms with Crippen LogP contribution in [0.4, 0.5) is 17.6 Å². The third kappa shape index (κ3) is 3.01. The van der Waals surface area contributed by atoms with Gasteiger partial charge in [-0.3, -0.25) is 0 Å². The first kappa shape index (κ1) is 16.1. The van der Waals surface area contributed by atoms with Gasteiger partial charge in [0.1, 0.15) is 0 Å². The molecule has 1 N–H and O–H groups in total. The van der Waals surface area contributed by atoms with E-state index < -0.39 is 35.0 Å². The molecule has 1 aliphatic rings. The number of hydrogen-bond donors (Lipinski definition) is 1. The molecular formula is C16H20F4O. The van der Waals surface area contributed by atoms with Crippen LogP contribution >= 0.6 is 0 Å². The SMILES string of the molecule is Cc1c(C(C)(C)C)cc(C2(CC(F)(F)F)CC2)c(O)c1F. The Kier molecular flexibility index (Phi) is 3.54. The summed E-state index contributed by atoms with van der Waals surface area (Å²) < 4.78 is 52.5. The summed E-state index contributed by atoms with van der Waals surface area (Å²) in [6.07, 6.45) is -4.69. The van der Waals surface area contributed by atoms with Gasteiger partial charge in [-0.1, -0.05) is 26.8 Å².